The maximum Gasteiger partial charge on any atom is 0.0346 e. The van der Waals surface area contributed by atoms with Crippen molar-refractivity contribution in [2.75, 3.05) is 39.8 Å². The van der Waals surface area contributed by atoms with Crippen molar-refractivity contribution in [1.82, 2.24) is 14.8 Å². The minimum Gasteiger partial charge on any atom is -0.329 e. The van der Waals surface area contributed by atoms with E-state index in [9.17, 15) is 0 Å². The van der Waals surface area contributed by atoms with E-state index in [0.29, 0.717) is 6.04 Å². The molecule has 1 fully saturated rings. The highest BCUT2D eigenvalue weighted by Gasteiger charge is 2.23. The first-order valence-electron chi connectivity index (χ1n) is 6.31. The van der Waals surface area contributed by atoms with E-state index >= 15 is 0 Å². The average Bonchev–Trinajstić information content (AvgIpc) is 2.38. The summed E-state index contributed by atoms with van der Waals surface area (Å²) in [5.41, 5.74) is 7.15. The third kappa shape index (κ3) is 3.49. The maximum atomic E-state index is 5.84. The minimum absolute atomic E-state index is 0.505. The summed E-state index contributed by atoms with van der Waals surface area (Å²) in [6.07, 6.45) is 4.84. The molecule has 4 nitrogen and oxygen atoms in total. The first-order chi connectivity index (χ1) is 8.29. The third-order valence-corrected chi connectivity index (χ3v) is 3.49. The summed E-state index contributed by atoms with van der Waals surface area (Å²) < 4.78 is 0. The van der Waals surface area contributed by atoms with Crippen molar-refractivity contribution in [3.8, 4) is 0 Å². The largest absolute Gasteiger partial charge is 0.329 e. The molecule has 0 aliphatic carbocycles. The maximum absolute atomic E-state index is 5.84. The van der Waals surface area contributed by atoms with Gasteiger partial charge in [0.05, 0.1) is 0 Å². The zero-order valence-electron chi connectivity index (χ0n) is 10.5. The highest BCUT2D eigenvalue weighted by atomic mass is 15.3. The summed E-state index contributed by atoms with van der Waals surface area (Å²) in [7, 11) is 2.17. The van der Waals surface area contributed by atoms with Crippen LogP contribution in [0.5, 0.6) is 0 Å². The number of aromatic nitrogens is 1. The standard InChI is InChI=1S/C13H22N4/c1-16-7-8-17(13(9-14)11-16)6-4-12-3-2-5-15-10-12/h2-3,5,10,13H,4,6-9,11,14H2,1H3. The van der Waals surface area contributed by atoms with Gasteiger partial charge >= 0.3 is 0 Å². The zero-order chi connectivity index (χ0) is 12.1. The molecule has 1 aromatic heterocycles. The van der Waals surface area contributed by atoms with Crippen LogP contribution in [0.3, 0.4) is 0 Å². The van der Waals surface area contributed by atoms with Gasteiger partial charge in [-0.05, 0) is 25.1 Å². The van der Waals surface area contributed by atoms with Crippen LogP contribution >= 0.6 is 0 Å². The van der Waals surface area contributed by atoms with Gasteiger partial charge in [0.1, 0.15) is 0 Å². The van der Waals surface area contributed by atoms with E-state index in [1.54, 1.807) is 0 Å². The number of piperazine rings is 1. The third-order valence-electron chi connectivity index (χ3n) is 3.49. The lowest BCUT2D eigenvalue weighted by molar-refractivity contribution is 0.0955. The van der Waals surface area contributed by atoms with E-state index in [-0.39, 0.29) is 0 Å². The average molecular weight is 234 g/mol. The molecule has 1 aliphatic heterocycles. The Hall–Kier alpha value is -0.970. The Bertz CT molecular complexity index is 327. The summed E-state index contributed by atoms with van der Waals surface area (Å²) in [4.78, 5) is 9.01. The number of pyridine rings is 1. The number of hydrogen-bond acceptors (Lipinski definition) is 4. The molecule has 0 bridgehead atoms. The Morgan fingerprint density at radius 2 is 2.35 bits per heavy atom. The van der Waals surface area contributed by atoms with Gasteiger partial charge < -0.3 is 10.6 Å². The van der Waals surface area contributed by atoms with Gasteiger partial charge in [0.2, 0.25) is 0 Å². The van der Waals surface area contributed by atoms with Crippen LogP contribution in [0.1, 0.15) is 5.56 Å². The van der Waals surface area contributed by atoms with Gasteiger partial charge in [-0.3, -0.25) is 9.88 Å². The normalized spacial score (nSPS) is 22.8. The van der Waals surface area contributed by atoms with Crippen LogP contribution in [0.15, 0.2) is 24.5 Å². The van der Waals surface area contributed by atoms with E-state index in [1.807, 2.05) is 18.5 Å². The fourth-order valence-electron chi connectivity index (χ4n) is 2.38. The topological polar surface area (TPSA) is 45.4 Å². The molecule has 17 heavy (non-hydrogen) atoms. The summed E-state index contributed by atoms with van der Waals surface area (Å²) in [6, 6.07) is 4.64. The number of nitrogens with two attached hydrogens (primary N) is 1. The lowest BCUT2D eigenvalue weighted by atomic mass is 10.1. The van der Waals surface area contributed by atoms with Gasteiger partial charge in [-0.1, -0.05) is 6.07 Å². The summed E-state index contributed by atoms with van der Waals surface area (Å²) in [5, 5.41) is 0. The van der Waals surface area contributed by atoms with Crippen molar-refractivity contribution in [2.45, 2.75) is 12.5 Å². The number of rotatable bonds is 4. The van der Waals surface area contributed by atoms with Crippen LogP contribution in [0, 0.1) is 0 Å². The van der Waals surface area contributed by atoms with E-state index in [4.69, 9.17) is 5.73 Å². The fourth-order valence-corrected chi connectivity index (χ4v) is 2.38. The lowest BCUT2D eigenvalue weighted by Crippen LogP contribution is -2.55. The highest BCUT2D eigenvalue weighted by molar-refractivity contribution is 5.08. The highest BCUT2D eigenvalue weighted by Crippen LogP contribution is 2.09. The SMILES string of the molecule is CN1CCN(CCc2cccnc2)C(CN)C1. The second kappa shape index (κ2) is 6.10. The van der Waals surface area contributed by atoms with Gasteiger partial charge in [-0.2, -0.15) is 0 Å². The number of likely N-dealkylation sites (N-methyl/N-ethyl adjacent to an activating group) is 1. The lowest BCUT2D eigenvalue weighted by Gasteiger charge is -2.39. The Labute approximate surface area is 103 Å². The molecule has 2 N–H and O–H groups in total. The Morgan fingerprint density at radius 1 is 1.47 bits per heavy atom. The molecule has 1 saturated heterocycles. The van der Waals surface area contributed by atoms with Crippen molar-refractivity contribution in [3.63, 3.8) is 0 Å². The van der Waals surface area contributed by atoms with E-state index < -0.39 is 0 Å². The molecule has 0 amide bonds. The van der Waals surface area contributed by atoms with Crippen LogP contribution in [0.4, 0.5) is 0 Å². The van der Waals surface area contributed by atoms with E-state index in [0.717, 1.165) is 39.1 Å². The van der Waals surface area contributed by atoms with E-state index in [2.05, 4.69) is 27.9 Å². The van der Waals surface area contributed by atoms with Crippen molar-refractivity contribution in [1.29, 1.82) is 0 Å². The monoisotopic (exact) mass is 234 g/mol. The summed E-state index contributed by atoms with van der Waals surface area (Å²) >= 11 is 0. The van der Waals surface area contributed by atoms with Crippen molar-refractivity contribution >= 4 is 0 Å². The molecule has 1 aromatic rings. The van der Waals surface area contributed by atoms with Gasteiger partial charge in [0, 0.05) is 51.2 Å². The Kier molecular flexibility index (Phi) is 4.48. The Morgan fingerprint density at radius 3 is 3.06 bits per heavy atom. The van der Waals surface area contributed by atoms with Crippen molar-refractivity contribution in [2.24, 2.45) is 5.73 Å². The molecule has 0 spiro atoms. The van der Waals surface area contributed by atoms with E-state index in [1.165, 1.54) is 5.56 Å². The fraction of sp³-hybridized carbons (Fsp3) is 0.615. The van der Waals surface area contributed by atoms with Crippen LogP contribution in [0.25, 0.3) is 0 Å². The predicted octanol–water partition coefficient (Wildman–Crippen LogP) is 0.199. The van der Waals surface area contributed by atoms with Crippen LogP contribution < -0.4 is 5.73 Å². The van der Waals surface area contributed by atoms with Crippen LogP contribution in [-0.2, 0) is 6.42 Å². The van der Waals surface area contributed by atoms with Crippen LogP contribution in [-0.4, -0.2) is 60.6 Å². The van der Waals surface area contributed by atoms with Gasteiger partial charge in [-0.15, -0.1) is 0 Å². The Balaban J connectivity index is 1.85. The molecule has 4 heteroatoms. The molecule has 0 radical (unpaired) electrons. The molecule has 2 heterocycles. The zero-order valence-corrected chi connectivity index (χ0v) is 10.5. The molecule has 1 unspecified atom stereocenters. The number of nitrogens with zero attached hydrogens (tertiary/aromatic N) is 3. The van der Waals surface area contributed by atoms with Gasteiger partial charge in [0.15, 0.2) is 0 Å². The quantitative estimate of drug-likeness (QED) is 0.808. The second-order valence-corrected chi connectivity index (χ2v) is 4.80. The predicted molar refractivity (Wildman–Crippen MR) is 69.9 cm³/mol. The molecule has 94 valence electrons. The van der Waals surface area contributed by atoms with Crippen molar-refractivity contribution in [3.05, 3.63) is 30.1 Å². The molecule has 2 rings (SSSR count). The molecule has 1 aliphatic rings. The summed E-state index contributed by atoms with van der Waals surface area (Å²) in [5.74, 6) is 0. The molecule has 0 saturated carbocycles. The summed E-state index contributed by atoms with van der Waals surface area (Å²) in [6.45, 7) is 5.19. The van der Waals surface area contributed by atoms with Gasteiger partial charge in [-0.25, -0.2) is 0 Å². The molecule has 0 aromatic carbocycles. The molecule has 1 atom stereocenters. The first kappa shape index (κ1) is 12.5. The van der Waals surface area contributed by atoms with Gasteiger partial charge in [0.25, 0.3) is 0 Å². The van der Waals surface area contributed by atoms with Crippen LogP contribution in [0.2, 0.25) is 0 Å². The molecular formula is C13H22N4. The smallest absolute Gasteiger partial charge is 0.0346 e. The molecular weight excluding hydrogens is 212 g/mol. The minimum atomic E-state index is 0.505. The second-order valence-electron chi connectivity index (χ2n) is 4.80. The first-order valence-corrected chi connectivity index (χ1v) is 6.31. The van der Waals surface area contributed by atoms with Crippen molar-refractivity contribution < 1.29 is 0 Å². The number of hydrogen-bond donors (Lipinski definition) is 1.